The van der Waals surface area contributed by atoms with Gasteiger partial charge in [-0.2, -0.15) is 0 Å². The van der Waals surface area contributed by atoms with Crippen LogP contribution in [0.2, 0.25) is 0 Å². The zero-order chi connectivity index (χ0) is 11.7. The molecule has 0 atom stereocenters. The van der Waals surface area contributed by atoms with Crippen molar-refractivity contribution in [2.75, 3.05) is 7.11 Å². The second-order valence-electron chi connectivity index (χ2n) is 4.17. The van der Waals surface area contributed by atoms with Gasteiger partial charge >= 0.3 is 0 Å². The molecule has 84 valence electrons. The van der Waals surface area contributed by atoms with Gasteiger partial charge in [0, 0.05) is 5.56 Å². The topological polar surface area (TPSA) is 9.23 Å². The Hall–Kier alpha value is -2.02. The number of allylic oxidation sites excluding steroid dienone is 1. The first-order valence-electron chi connectivity index (χ1n) is 5.82. The molecule has 1 aliphatic carbocycles. The second-order valence-corrected chi connectivity index (χ2v) is 4.17. The molecular formula is C16H14O. The molecule has 0 saturated heterocycles. The van der Waals surface area contributed by atoms with Gasteiger partial charge in [0.05, 0.1) is 7.11 Å². The fourth-order valence-corrected chi connectivity index (χ4v) is 2.42. The van der Waals surface area contributed by atoms with Crippen LogP contribution in [0.25, 0.3) is 5.57 Å². The summed E-state index contributed by atoms with van der Waals surface area (Å²) in [6.07, 6.45) is 3.24. The van der Waals surface area contributed by atoms with E-state index in [1.165, 1.54) is 22.3 Å². The Morgan fingerprint density at radius 1 is 0.941 bits per heavy atom. The molecule has 0 aromatic heterocycles. The second kappa shape index (κ2) is 4.10. The lowest BCUT2D eigenvalue weighted by molar-refractivity contribution is 0.411. The van der Waals surface area contributed by atoms with Crippen LogP contribution in [0.5, 0.6) is 5.75 Å². The highest BCUT2D eigenvalue weighted by Gasteiger charge is 2.18. The summed E-state index contributed by atoms with van der Waals surface area (Å²) in [5.74, 6) is 0.990. The molecule has 1 aliphatic rings. The van der Waals surface area contributed by atoms with Gasteiger partial charge in [-0.1, -0.05) is 48.5 Å². The first-order chi connectivity index (χ1) is 8.40. The smallest absolute Gasteiger partial charge is 0.122 e. The Kier molecular flexibility index (Phi) is 2.45. The third kappa shape index (κ3) is 1.64. The third-order valence-electron chi connectivity index (χ3n) is 3.24. The highest BCUT2D eigenvalue weighted by atomic mass is 16.5. The van der Waals surface area contributed by atoms with Crippen LogP contribution in [0.3, 0.4) is 0 Å². The van der Waals surface area contributed by atoms with Crippen LogP contribution < -0.4 is 4.74 Å². The Labute approximate surface area is 101 Å². The van der Waals surface area contributed by atoms with E-state index in [0.717, 1.165) is 12.2 Å². The molecule has 0 aliphatic heterocycles. The summed E-state index contributed by atoms with van der Waals surface area (Å²) in [6, 6.07) is 16.8. The van der Waals surface area contributed by atoms with E-state index in [0.29, 0.717) is 0 Å². The van der Waals surface area contributed by atoms with Gasteiger partial charge in [-0.05, 0) is 29.2 Å². The maximum atomic E-state index is 5.41. The van der Waals surface area contributed by atoms with E-state index in [1.807, 2.05) is 12.1 Å². The number of methoxy groups -OCH3 is 1. The van der Waals surface area contributed by atoms with Crippen LogP contribution in [0.1, 0.15) is 16.7 Å². The summed E-state index contributed by atoms with van der Waals surface area (Å²) in [4.78, 5) is 0. The van der Waals surface area contributed by atoms with Crippen LogP contribution >= 0.6 is 0 Å². The van der Waals surface area contributed by atoms with Crippen molar-refractivity contribution in [3.63, 3.8) is 0 Å². The number of benzene rings is 2. The predicted octanol–water partition coefficient (Wildman–Crippen LogP) is 3.68. The molecule has 3 rings (SSSR count). The van der Waals surface area contributed by atoms with Crippen molar-refractivity contribution >= 4 is 5.57 Å². The molecule has 17 heavy (non-hydrogen) atoms. The molecule has 0 heterocycles. The average molecular weight is 222 g/mol. The molecule has 0 unspecified atom stereocenters. The number of rotatable bonds is 2. The molecule has 0 spiro atoms. The lowest BCUT2D eigenvalue weighted by Gasteiger charge is -2.09. The zero-order valence-electron chi connectivity index (χ0n) is 9.81. The number of fused-ring (bicyclic) bond motifs is 1. The van der Waals surface area contributed by atoms with E-state index in [9.17, 15) is 0 Å². The van der Waals surface area contributed by atoms with Gasteiger partial charge in [-0.15, -0.1) is 0 Å². The summed E-state index contributed by atoms with van der Waals surface area (Å²) in [6.45, 7) is 0. The number of hydrogen-bond donors (Lipinski definition) is 0. The molecule has 1 heteroatoms. The van der Waals surface area contributed by atoms with E-state index >= 15 is 0 Å². The first kappa shape index (κ1) is 10.2. The normalized spacial score (nSPS) is 13.1. The van der Waals surface area contributed by atoms with Crippen molar-refractivity contribution in [3.8, 4) is 5.75 Å². The van der Waals surface area contributed by atoms with Crippen LogP contribution in [-0.2, 0) is 6.42 Å². The largest absolute Gasteiger partial charge is 0.496 e. The molecule has 1 nitrogen and oxygen atoms in total. The monoisotopic (exact) mass is 222 g/mol. The van der Waals surface area contributed by atoms with Gasteiger partial charge in [0.25, 0.3) is 0 Å². The molecule has 0 radical (unpaired) electrons. The highest BCUT2D eigenvalue weighted by molar-refractivity contribution is 5.85. The molecule has 0 bridgehead atoms. The van der Waals surface area contributed by atoms with Crippen molar-refractivity contribution in [1.82, 2.24) is 0 Å². The molecule has 2 aromatic carbocycles. The van der Waals surface area contributed by atoms with Gasteiger partial charge in [0.2, 0.25) is 0 Å². The van der Waals surface area contributed by atoms with Crippen molar-refractivity contribution in [2.24, 2.45) is 0 Å². The van der Waals surface area contributed by atoms with E-state index in [4.69, 9.17) is 4.74 Å². The van der Waals surface area contributed by atoms with Crippen LogP contribution in [0, 0.1) is 0 Å². The van der Waals surface area contributed by atoms with E-state index < -0.39 is 0 Å². The Morgan fingerprint density at radius 3 is 2.53 bits per heavy atom. The van der Waals surface area contributed by atoms with Gasteiger partial charge in [-0.25, -0.2) is 0 Å². The molecule has 0 fully saturated rings. The predicted molar refractivity (Wildman–Crippen MR) is 70.2 cm³/mol. The lowest BCUT2D eigenvalue weighted by atomic mass is 9.99. The number of hydrogen-bond acceptors (Lipinski definition) is 1. The highest BCUT2D eigenvalue weighted by Crippen LogP contribution is 2.37. The van der Waals surface area contributed by atoms with Crippen molar-refractivity contribution in [2.45, 2.75) is 6.42 Å². The molecule has 2 aromatic rings. The van der Waals surface area contributed by atoms with Gasteiger partial charge in [0.15, 0.2) is 0 Å². The fourth-order valence-electron chi connectivity index (χ4n) is 2.42. The minimum Gasteiger partial charge on any atom is -0.496 e. The van der Waals surface area contributed by atoms with Gasteiger partial charge < -0.3 is 4.74 Å². The maximum absolute atomic E-state index is 5.41. The maximum Gasteiger partial charge on any atom is 0.122 e. The van der Waals surface area contributed by atoms with E-state index in [-0.39, 0.29) is 0 Å². The Morgan fingerprint density at radius 2 is 1.76 bits per heavy atom. The van der Waals surface area contributed by atoms with E-state index in [2.05, 4.69) is 42.5 Å². The molecule has 0 saturated carbocycles. The molecular weight excluding hydrogens is 208 g/mol. The molecule has 0 amide bonds. The minimum absolute atomic E-state index is 0.962. The van der Waals surface area contributed by atoms with Gasteiger partial charge in [-0.3, -0.25) is 0 Å². The summed E-state index contributed by atoms with van der Waals surface area (Å²) < 4.78 is 5.41. The third-order valence-corrected chi connectivity index (χ3v) is 3.24. The molecule has 0 N–H and O–H groups in total. The van der Waals surface area contributed by atoms with Crippen molar-refractivity contribution in [1.29, 1.82) is 0 Å². The van der Waals surface area contributed by atoms with Crippen LogP contribution in [0.4, 0.5) is 0 Å². The van der Waals surface area contributed by atoms with E-state index in [1.54, 1.807) is 7.11 Å². The summed E-state index contributed by atoms with van der Waals surface area (Å²) >= 11 is 0. The van der Waals surface area contributed by atoms with Gasteiger partial charge in [0.1, 0.15) is 5.75 Å². The standard InChI is InChI=1S/C16H14O/c1-17-16-9-5-8-14-13(10-11-15(14)16)12-6-3-2-4-7-12/h2-10H,11H2,1H3. The average Bonchev–Trinajstić information content (AvgIpc) is 2.83. The summed E-state index contributed by atoms with van der Waals surface area (Å²) in [7, 11) is 1.73. The lowest BCUT2D eigenvalue weighted by Crippen LogP contribution is -1.92. The van der Waals surface area contributed by atoms with Crippen molar-refractivity contribution < 1.29 is 4.74 Å². The number of ether oxygens (including phenoxy) is 1. The van der Waals surface area contributed by atoms with Crippen LogP contribution in [-0.4, -0.2) is 7.11 Å². The quantitative estimate of drug-likeness (QED) is 0.753. The zero-order valence-corrected chi connectivity index (χ0v) is 9.81. The minimum atomic E-state index is 0.962. The van der Waals surface area contributed by atoms with Crippen molar-refractivity contribution in [3.05, 3.63) is 71.3 Å². The first-order valence-corrected chi connectivity index (χ1v) is 5.82. The Bertz CT molecular complexity index is 567. The summed E-state index contributed by atoms with van der Waals surface area (Å²) in [5, 5.41) is 0. The fraction of sp³-hybridized carbons (Fsp3) is 0.125. The van der Waals surface area contributed by atoms with Crippen LogP contribution in [0.15, 0.2) is 54.6 Å². The Balaban J connectivity index is 2.10. The SMILES string of the molecule is COc1cccc2c1CC=C2c1ccccc1. The summed E-state index contributed by atoms with van der Waals surface area (Å²) in [5.41, 5.74) is 5.20.